The van der Waals surface area contributed by atoms with E-state index in [-0.39, 0.29) is 11.7 Å². The highest BCUT2D eigenvalue weighted by Gasteiger charge is 2.23. The zero-order valence-electron chi connectivity index (χ0n) is 10.9. The fourth-order valence-corrected chi connectivity index (χ4v) is 2.27. The van der Waals surface area contributed by atoms with Gasteiger partial charge in [-0.25, -0.2) is 4.39 Å². The van der Waals surface area contributed by atoms with Crippen LogP contribution in [0.5, 0.6) is 0 Å². The highest BCUT2D eigenvalue weighted by Crippen LogP contribution is 2.23. The van der Waals surface area contributed by atoms with E-state index < -0.39 is 11.7 Å². The number of morpholine rings is 1. The van der Waals surface area contributed by atoms with Crippen LogP contribution in [0.1, 0.15) is 10.4 Å². The third-order valence-corrected chi connectivity index (χ3v) is 3.14. The van der Waals surface area contributed by atoms with Crippen LogP contribution >= 0.6 is 0 Å². The molecule has 19 heavy (non-hydrogen) atoms. The van der Waals surface area contributed by atoms with Gasteiger partial charge in [0, 0.05) is 25.3 Å². The molecule has 0 radical (unpaired) electrons. The number of nitrogens with zero attached hydrogens (tertiary/aromatic N) is 1. The number of amides is 1. The molecule has 6 heteroatoms. The maximum absolute atomic E-state index is 13.2. The van der Waals surface area contributed by atoms with E-state index in [4.69, 9.17) is 10.5 Å². The summed E-state index contributed by atoms with van der Waals surface area (Å²) in [5, 5.41) is 3.05. The number of rotatable bonds is 4. The monoisotopic (exact) mass is 267 g/mol. The maximum atomic E-state index is 13.2. The van der Waals surface area contributed by atoms with Crippen molar-refractivity contribution in [1.29, 1.82) is 0 Å². The number of primary amides is 1. The highest BCUT2D eigenvalue weighted by molar-refractivity contribution is 5.98. The number of anilines is 1. The van der Waals surface area contributed by atoms with Gasteiger partial charge in [0.15, 0.2) is 0 Å². The van der Waals surface area contributed by atoms with Crippen molar-refractivity contribution in [3.8, 4) is 0 Å². The van der Waals surface area contributed by atoms with Gasteiger partial charge in [-0.1, -0.05) is 0 Å². The first-order valence-corrected chi connectivity index (χ1v) is 6.22. The van der Waals surface area contributed by atoms with Gasteiger partial charge in [-0.2, -0.15) is 0 Å². The minimum Gasteiger partial charge on any atom is -0.373 e. The predicted molar refractivity (Wildman–Crippen MR) is 70.8 cm³/mol. The average molecular weight is 267 g/mol. The molecule has 1 fully saturated rings. The van der Waals surface area contributed by atoms with E-state index in [0.29, 0.717) is 25.4 Å². The maximum Gasteiger partial charge on any atom is 0.250 e. The van der Waals surface area contributed by atoms with E-state index in [1.165, 1.54) is 12.1 Å². The molecule has 1 aliphatic rings. The van der Waals surface area contributed by atoms with Crippen molar-refractivity contribution >= 4 is 11.6 Å². The first-order chi connectivity index (χ1) is 9.11. The molecule has 5 nitrogen and oxygen atoms in total. The number of hydrogen-bond acceptors (Lipinski definition) is 4. The van der Waals surface area contributed by atoms with E-state index in [0.717, 1.165) is 6.54 Å². The van der Waals surface area contributed by atoms with Gasteiger partial charge in [0.25, 0.3) is 5.91 Å². The van der Waals surface area contributed by atoms with Crippen molar-refractivity contribution in [3.63, 3.8) is 0 Å². The van der Waals surface area contributed by atoms with Crippen LogP contribution in [-0.4, -0.2) is 45.3 Å². The minimum absolute atomic E-state index is 0.0459. The van der Waals surface area contributed by atoms with Crippen molar-refractivity contribution in [2.45, 2.75) is 6.10 Å². The Hall–Kier alpha value is -1.66. The Bertz CT molecular complexity index is 465. The topological polar surface area (TPSA) is 67.6 Å². The SMILES string of the molecule is CNCC1CN(c2ccc(F)cc2C(N)=O)CCO1. The van der Waals surface area contributed by atoms with Gasteiger partial charge >= 0.3 is 0 Å². The molecular formula is C13H18FN3O2. The second-order valence-corrected chi connectivity index (χ2v) is 4.52. The number of carbonyl (C=O) groups is 1. The Morgan fingerprint density at radius 2 is 2.42 bits per heavy atom. The fraction of sp³-hybridized carbons (Fsp3) is 0.462. The summed E-state index contributed by atoms with van der Waals surface area (Å²) >= 11 is 0. The second-order valence-electron chi connectivity index (χ2n) is 4.52. The number of likely N-dealkylation sites (N-methyl/N-ethyl adjacent to an activating group) is 1. The van der Waals surface area contributed by atoms with Gasteiger partial charge in [0.1, 0.15) is 5.82 Å². The smallest absolute Gasteiger partial charge is 0.250 e. The van der Waals surface area contributed by atoms with Crippen LogP contribution in [0.25, 0.3) is 0 Å². The molecule has 1 saturated heterocycles. The zero-order valence-corrected chi connectivity index (χ0v) is 10.9. The lowest BCUT2D eigenvalue weighted by molar-refractivity contribution is 0.0421. The minimum atomic E-state index is -0.619. The summed E-state index contributed by atoms with van der Waals surface area (Å²) in [6.07, 6.45) is 0.0459. The standard InChI is InChI=1S/C13H18FN3O2/c1-16-7-10-8-17(4-5-19-10)12-3-2-9(14)6-11(12)13(15)18/h2-3,6,10,16H,4-5,7-8H2,1H3,(H2,15,18). The van der Waals surface area contributed by atoms with Crippen LogP contribution in [0.3, 0.4) is 0 Å². The zero-order chi connectivity index (χ0) is 13.8. The van der Waals surface area contributed by atoms with E-state index in [1.54, 1.807) is 6.07 Å². The number of ether oxygens (including phenoxy) is 1. The molecule has 1 unspecified atom stereocenters. The van der Waals surface area contributed by atoms with Gasteiger partial charge in [0.2, 0.25) is 0 Å². The molecule has 1 atom stereocenters. The quantitative estimate of drug-likeness (QED) is 0.826. The molecule has 0 aliphatic carbocycles. The van der Waals surface area contributed by atoms with Gasteiger partial charge in [0.05, 0.1) is 18.3 Å². The van der Waals surface area contributed by atoms with Crippen LogP contribution in [0.4, 0.5) is 10.1 Å². The molecule has 104 valence electrons. The summed E-state index contributed by atoms with van der Waals surface area (Å²) < 4.78 is 18.8. The normalized spacial score (nSPS) is 19.5. The molecule has 3 N–H and O–H groups in total. The fourth-order valence-electron chi connectivity index (χ4n) is 2.27. The molecular weight excluding hydrogens is 249 g/mol. The first kappa shape index (κ1) is 13.8. The molecule has 0 aromatic heterocycles. The van der Waals surface area contributed by atoms with Crippen LogP contribution < -0.4 is 16.0 Å². The van der Waals surface area contributed by atoms with E-state index in [1.807, 2.05) is 11.9 Å². The molecule has 1 aromatic carbocycles. The Kier molecular flexibility index (Phi) is 4.34. The van der Waals surface area contributed by atoms with Gasteiger partial charge < -0.3 is 20.7 Å². The lowest BCUT2D eigenvalue weighted by Gasteiger charge is -2.35. The van der Waals surface area contributed by atoms with E-state index in [9.17, 15) is 9.18 Å². The van der Waals surface area contributed by atoms with Crippen molar-refractivity contribution < 1.29 is 13.9 Å². The number of halogens is 1. The molecule has 0 spiro atoms. The summed E-state index contributed by atoms with van der Waals surface area (Å²) in [5.41, 5.74) is 6.19. The Morgan fingerprint density at radius 1 is 1.63 bits per heavy atom. The molecule has 1 aromatic rings. The van der Waals surface area contributed by atoms with Crippen LogP contribution in [0.2, 0.25) is 0 Å². The Morgan fingerprint density at radius 3 is 3.11 bits per heavy atom. The largest absolute Gasteiger partial charge is 0.373 e. The van der Waals surface area contributed by atoms with Gasteiger partial charge in [-0.15, -0.1) is 0 Å². The van der Waals surface area contributed by atoms with E-state index >= 15 is 0 Å². The van der Waals surface area contributed by atoms with Crippen molar-refractivity contribution in [2.24, 2.45) is 5.73 Å². The van der Waals surface area contributed by atoms with Crippen molar-refractivity contribution in [1.82, 2.24) is 5.32 Å². The molecule has 0 saturated carbocycles. The molecule has 1 amide bonds. The summed E-state index contributed by atoms with van der Waals surface area (Å²) in [7, 11) is 1.86. The predicted octanol–water partition coefficient (Wildman–Crippen LogP) is 0.349. The summed E-state index contributed by atoms with van der Waals surface area (Å²) in [5.74, 6) is -1.08. The molecule has 1 heterocycles. The molecule has 1 aliphatic heterocycles. The lowest BCUT2D eigenvalue weighted by atomic mass is 10.1. The van der Waals surface area contributed by atoms with E-state index in [2.05, 4.69) is 5.32 Å². The number of benzene rings is 1. The number of nitrogens with two attached hydrogens (primary N) is 1. The van der Waals surface area contributed by atoms with Crippen molar-refractivity contribution in [3.05, 3.63) is 29.6 Å². The Labute approximate surface area is 111 Å². The van der Waals surface area contributed by atoms with Crippen LogP contribution in [-0.2, 0) is 4.74 Å². The lowest BCUT2D eigenvalue weighted by Crippen LogP contribution is -2.46. The number of hydrogen-bond donors (Lipinski definition) is 2. The molecule has 2 rings (SSSR count). The molecule has 0 bridgehead atoms. The summed E-state index contributed by atoms with van der Waals surface area (Å²) in [6, 6.07) is 4.11. The van der Waals surface area contributed by atoms with Crippen LogP contribution in [0, 0.1) is 5.82 Å². The second kappa shape index (κ2) is 5.99. The Balaban J connectivity index is 2.23. The summed E-state index contributed by atoms with van der Waals surface area (Å²) in [4.78, 5) is 13.4. The number of nitrogens with one attached hydrogen (secondary N) is 1. The third-order valence-electron chi connectivity index (χ3n) is 3.14. The average Bonchev–Trinajstić information content (AvgIpc) is 2.39. The van der Waals surface area contributed by atoms with Gasteiger partial charge in [-0.3, -0.25) is 4.79 Å². The third kappa shape index (κ3) is 3.21. The van der Waals surface area contributed by atoms with Crippen molar-refractivity contribution in [2.75, 3.05) is 38.2 Å². The summed E-state index contributed by atoms with van der Waals surface area (Å²) in [6.45, 7) is 2.60. The first-order valence-electron chi connectivity index (χ1n) is 6.22. The number of carbonyl (C=O) groups excluding carboxylic acids is 1. The van der Waals surface area contributed by atoms with Crippen LogP contribution in [0.15, 0.2) is 18.2 Å². The van der Waals surface area contributed by atoms with Gasteiger partial charge in [-0.05, 0) is 25.2 Å². The highest BCUT2D eigenvalue weighted by atomic mass is 19.1.